The number of guanidine groups is 1. The predicted octanol–water partition coefficient (Wildman–Crippen LogP) is 4.23. The van der Waals surface area contributed by atoms with E-state index in [2.05, 4.69) is 77.7 Å². The van der Waals surface area contributed by atoms with Crippen molar-refractivity contribution in [1.82, 2.24) is 10.6 Å². The maximum absolute atomic E-state index is 10.6. The van der Waals surface area contributed by atoms with E-state index in [4.69, 9.17) is 4.74 Å². The fraction of sp³-hybridized carbons (Fsp3) is 0.500. The number of hydrogen-bond donors (Lipinski definition) is 3. The molecule has 1 heterocycles. The van der Waals surface area contributed by atoms with Crippen LogP contribution in [0, 0.1) is 0 Å². The van der Waals surface area contributed by atoms with Crippen LogP contribution in [-0.4, -0.2) is 50.5 Å². The molecule has 2 aromatic rings. The Hall–Kier alpha value is -1.84. The number of rotatable bonds is 7. The molecule has 0 aromatic heterocycles. The first-order valence-corrected chi connectivity index (χ1v) is 11.6. The molecular weight excluding hydrogens is 527 g/mol. The smallest absolute Gasteiger partial charge is 0.191 e. The molecule has 1 saturated heterocycles. The molecule has 1 aliphatic heterocycles. The minimum Gasteiger partial charge on any atom is -0.387 e. The summed E-state index contributed by atoms with van der Waals surface area (Å²) in [6, 6.07) is 16.8. The zero-order valence-electron chi connectivity index (χ0n) is 20.3. The Morgan fingerprint density at radius 2 is 1.67 bits per heavy atom. The molecule has 6 nitrogen and oxygen atoms in total. The van der Waals surface area contributed by atoms with Gasteiger partial charge >= 0.3 is 0 Å². The first-order valence-electron chi connectivity index (χ1n) is 11.6. The van der Waals surface area contributed by atoms with Crippen LogP contribution < -0.4 is 15.5 Å². The van der Waals surface area contributed by atoms with Crippen molar-refractivity contribution in [3.63, 3.8) is 0 Å². The molecule has 3 N–H and O–H groups in total. The molecule has 0 spiro atoms. The van der Waals surface area contributed by atoms with Crippen molar-refractivity contribution in [2.75, 3.05) is 44.3 Å². The Bertz CT molecular complexity index is 857. The van der Waals surface area contributed by atoms with Gasteiger partial charge in [-0.3, -0.25) is 0 Å². The first kappa shape index (κ1) is 27.4. The van der Waals surface area contributed by atoms with Gasteiger partial charge in [0.2, 0.25) is 0 Å². The number of benzene rings is 2. The maximum Gasteiger partial charge on any atom is 0.191 e. The van der Waals surface area contributed by atoms with Gasteiger partial charge in [-0.2, -0.15) is 0 Å². The van der Waals surface area contributed by atoms with E-state index in [0.717, 1.165) is 44.0 Å². The molecular formula is C26H39IN4O2. The van der Waals surface area contributed by atoms with Crippen molar-refractivity contribution in [3.05, 3.63) is 65.2 Å². The summed E-state index contributed by atoms with van der Waals surface area (Å²) in [6.45, 7) is 13.8. The zero-order chi connectivity index (χ0) is 23.0. The molecule has 2 aromatic carbocycles. The highest BCUT2D eigenvalue weighted by molar-refractivity contribution is 14.0. The number of aliphatic imine (C=N–C) groups is 1. The lowest BCUT2D eigenvalue weighted by Gasteiger charge is -2.28. The first-order chi connectivity index (χ1) is 15.4. The van der Waals surface area contributed by atoms with Gasteiger partial charge < -0.3 is 25.4 Å². The van der Waals surface area contributed by atoms with E-state index in [9.17, 15) is 5.11 Å². The van der Waals surface area contributed by atoms with Crippen LogP contribution in [0.4, 0.5) is 5.69 Å². The highest BCUT2D eigenvalue weighted by Gasteiger charge is 2.15. The van der Waals surface area contributed by atoms with Gasteiger partial charge in [-0.15, -0.1) is 24.0 Å². The minimum absolute atomic E-state index is 0. The van der Waals surface area contributed by atoms with Crippen molar-refractivity contribution in [2.24, 2.45) is 4.99 Å². The van der Waals surface area contributed by atoms with Crippen molar-refractivity contribution >= 4 is 35.6 Å². The van der Waals surface area contributed by atoms with E-state index < -0.39 is 6.10 Å². The number of nitrogens with zero attached hydrogens (tertiary/aromatic N) is 2. The molecule has 33 heavy (non-hydrogen) atoms. The number of halogens is 1. The second-order valence-electron chi connectivity index (χ2n) is 9.23. The van der Waals surface area contributed by atoms with E-state index in [1.165, 1.54) is 11.3 Å². The van der Waals surface area contributed by atoms with Crippen LogP contribution in [0.15, 0.2) is 53.5 Å². The Kier molecular flexibility index (Phi) is 10.9. The van der Waals surface area contributed by atoms with Gasteiger partial charge in [0.15, 0.2) is 5.96 Å². The summed E-state index contributed by atoms with van der Waals surface area (Å²) in [5, 5.41) is 17.1. The normalized spacial score (nSPS) is 15.5. The Balaban J connectivity index is 0.00000385. The Morgan fingerprint density at radius 3 is 2.24 bits per heavy atom. The fourth-order valence-electron chi connectivity index (χ4n) is 3.66. The molecule has 0 aliphatic carbocycles. The molecule has 0 amide bonds. The third-order valence-electron chi connectivity index (χ3n) is 5.70. The number of aliphatic hydroxyl groups excluding tert-OH is 1. The second-order valence-corrected chi connectivity index (χ2v) is 9.23. The van der Waals surface area contributed by atoms with Gasteiger partial charge in [-0.1, -0.05) is 57.2 Å². The number of aliphatic hydroxyl groups is 1. The molecule has 1 unspecified atom stereocenters. The summed E-state index contributed by atoms with van der Waals surface area (Å²) in [4.78, 5) is 7.03. The van der Waals surface area contributed by atoms with Crippen LogP contribution in [0.1, 0.15) is 50.5 Å². The van der Waals surface area contributed by atoms with Gasteiger partial charge in [0, 0.05) is 31.9 Å². The minimum atomic E-state index is -0.597. The average molecular weight is 567 g/mol. The average Bonchev–Trinajstić information content (AvgIpc) is 2.81. The summed E-state index contributed by atoms with van der Waals surface area (Å²) in [5.74, 6) is 0.704. The monoisotopic (exact) mass is 566 g/mol. The van der Waals surface area contributed by atoms with Gasteiger partial charge in [-0.25, -0.2) is 4.99 Å². The van der Waals surface area contributed by atoms with Gasteiger partial charge in [-0.05, 0) is 41.2 Å². The number of ether oxygens (including phenoxy) is 1. The fourth-order valence-corrected chi connectivity index (χ4v) is 3.66. The van der Waals surface area contributed by atoms with Crippen LogP contribution in [0.2, 0.25) is 0 Å². The number of morpholine rings is 1. The SMILES string of the molecule is CCNC(=NCc1ccc(N2CCOCC2)cc1)NCC(O)c1ccc(C(C)(C)C)cc1.I. The quantitative estimate of drug-likeness (QED) is 0.266. The molecule has 1 fully saturated rings. The molecule has 182 valence electrons. The molecule has 7 heteroatoms. The molecule has 0 saturated carbocycles. The summed E-state index contributed by atoms with van der Waals surface area (Å²) < 4.78 is 5.43. The molecule has 1 atom stereocenters. The highest BCUT2D eigenvalue weighted by Crippen LogP contribution is 2.24. The lowest BCUT2D eigenvalue weighted by molar-refractivity contribution is 0.122. The summed E-state index contributed by atoms with van der Waals surface area (Å²) in [6.07, 6.45) is -0.597. The van der Waals surface area contributed by atoms with Crippen molar-refractivity contribution in [2.45, 2.75) is 45.8 Å². The number of anilines is 1. The van der Waals surface area contributed by atoms with Crippen LogP contribution in [0.25, 0.3) is 0 Å². The third-order valence-corrected chi connectivity index (χ3v) is 5.70. The lowest BCUT2D eigenvalue weighted by Crippen LogP contribution is -2.39. The largest absolute Gasteiger partial charge is 0.387 e. The summed E-state index contributed by atoms with van der Waals surface area (Å²) in [5.41, 5.74) is 4.65. The summed E-state index contributed by atoms with van der Waals surface area (Å²) in [7, 11) is 0. The predicted molar refractivity (Wildman–Crippen MR) is 148 cm³/mol. The topological polar surface area (TPSA) is 69.1 Å². The van der Waals surface area contributed by atoms with E-state index in [1.807, 2.05) is 19.1 Å². The Morgan fingerprint density at radius 1 is 1.03 bits per heavy atom. The molecule has 3 rings (SSSR count). The zero-order valence-corrected chi connectivity index (χ0v) is 22.6. The Labute approximate surface area is 215 Å². The van der Waals surface area contributed by atoms with Crippen LogP contribution in [-0.2, 0) is 16.7 Å². The lowest BCUT2D eigenvalue weighted by atomic mass is 9.86. The standard InChI is InChI=1S/C26H38N4O2.HI/c1-5-27-25(29-19-24(31)21-8-10-22(11-9-21)26(2,3)4)28-18-20-6-12-23(13-7-20)30-14-16-32-17-15-30;/h6-13,24,31H,5,14-19H2,1-4H3,(H2,27,28,29);1H. The van der Waals surface area contributed by atoms with E-state index in [1.54, 1.807) is 0 Å². The third kappa shape index (κ3) is 8.46. The number of nitrogens with one attached hydrogen (secondary N) is 2. The van der Waals surface area contributed by atoms with Crippen LogP contribution >= 0.6 is 24.0 Å². The second kappa shape index (κ2) is 13.2. The van der Waals surface area contributed by atoms with E-state index in [-0.39, 0.29) is 29.4 Å². The molecule has 0 radical (unpaired) electrons. The number of hydrogen-bond acceptors (Lipinski definition) is 4. The van der Waals surface area contributed by atoms with Gasteiger partial charge in [0.1, 0.15) is 0 Å². The van der Waals surface area contributed by atoms with Crippen molar-refractivity contribution in [3.8, 4) is 0 Å². The molecule has 0 bridgehead atoms. The van der Waals surface area contributed by atoms with E-state index in [0.29, 0.717) is 19.0 Å². The van der Waals surface area contributed by atoms with Crippen LogP contribution in [0.3, 0.4) is 0 Å². The van der Waals surface area contributed by atoms with Crippen LogP contribution in [0.5, 0.6) is 0 Å². The van der Waals surface area contributed by atoms with Gasteiger partial charge in [0.05, 0.1) is 25.9 Å². The summed E-state index contributed by atoms with van der Waals surface area (Å²) >= 11 is 0. The highest BCUT2D eigenvalue weighted by atomic mass is 127. The van der Waals surface area contributed by atoms with Gasteiger partial charge in [0.25, 0.3) is 0 Å². The van der Waals surface area contributed by atoms with Crippen molar-refractivity contribution in [1.29, 1.82) is 0 Å². The maximum atomic E-state index is 10.6. The molecule has 1 aliphatic rings. The van der Waals surface area contributed by atoms with Crippen molar-refractivity contribution < 1.29 is 9.84 Å². The van der Waals surface area contributed by atoms with E-state index >= 15 is 0 Å².